The Morgan fingerprint density at radius 2 is 1.97 bits per heavy atom. The third-order valence-electron chi connectivity index (χ3n) is 4.21. The summed E-state index contributed by atoms with van der Waals surface area (Å²) in [6.45, 7) is 0.391. The van der Waals surface area contributed by atoms with Crippen molar-refractivity contribution in [1.82, 2.24) is 4.90 Å². The van der Waals surface area contributed by atoms with Crippen molar-refractivity contribution in [2.24, 2.45) is 0 Å². The molecule has 29 heavy (non-hydrogen) atoms. The second kappa shape index (κ2) is 9.91. The van der Waals surface area contributed by atoms with E-state index >= 15 is 0 Å². The molecule has 0 radical (unpaired) electrons. The van der Waals surface area contributed by atoms with Crippen molar-refractivity contribution >= 4 is 63.5 Å². The summed E-state index contributed by atoms with van der Waals surface area (Å²) in [5.41, 5.74) is 1.50. The zero-order chi connectivity index (χ0) is 20.8. The van der Waals surface area contributed by atoms with Gasteiger partial charge in [0.15, 0.2) is 0 Å². The predicted octanol–water partition coefficient (Wildman–Crippen LogP) is 4.97. The van der Waals surface area contributed by atoms with Gasteiger partial charge in [-0.25, -0.2) is 0 Å². The molecule has 2 amide bonds. The Kier molecular flexibility index (Phi) is 7.30. The number of ether oxygens (including phenoxy) is 1. The smallest absolute Gasteiger partial charge is 0.266 e. The average Bonchev–Trinajstić information content (AvgIpc) is 2.97. The molecule has 1 fully saturated rings. The van der Waals surface area contributed by atoms with Crippen LogP contribution in [0.1, 0.15) is 18.4 Å². The van der Waals surface area contributed by atoms with Crippen LogP contribution in [0.3, 0.4) is 0 Å². The first kappa shape index (κ1) is 21.4. The van der Waals surface area contributed by atoms with E-state index in [0.29, 0.717) is 38.7 Å². The summed E-state index contributed by atoms with van der Waals surface area (Å²) in [5, 5.41) is 3.42. The van der Waals surface area contributed by atoms with E-state index in [1.165, 1.54) is 16.7 Å². The lowest BCUT2D eigenvalue weighted by molar-refractivity contribution is -0.122. The molecule has 0 saturated carbocycles. The molecule has 0 spiro atoms. The number of thioether (sulfide) groups is 1. The SMILES string of the molecule is COc1ccccc1/C=C1\SC(=S)N(CCCC(=O)Nc2ccc(Cl)cc2)C1=O. The van der Waals surface area contributed by atoms with E-state index in [2.05, 4.69) is 5.32 Å². The van der Waals surface area contributed by atoms with Crippen LogP contribution in [0.4, 0.5) is 5.69 Å². The molecule has 8 heteroatoms. The molecule has 0 bridgehead atoms. The molecule has 0 aromatic heterocycles. The molecule has 1 aliphatic heterocycles. The van der Waals surface area contributed by atoms with Gasteiger partial charge < -0.3 is 10.1 Å². The van der Waals surface area contributed by atoms with Crippen LogP contribution in [0.15, 0.2) is 53.4 Å². The highest BCUT2D eigenvalue weighted by molar-refractivity contribution is 8.26. The Balaban J connectivity index is 1.55. The summed E-state index contributed by atoms with van der Waals surface area (Å²) in [6, 6.07) is 14.4. The maximum Gasteiger partial charge on any atom is 0.266 e. The van der Waals surface area contributed by atoms with Gasteiger partial charge in [0.1, 0.15) is 10.1 Å². The molecule has 0 atom stereocenters. The van der Waals surface area contributed by atoms with E-state index in [1.54, 1.807) is 37.5 Å². The number of halogens is 1. The first-order chi connectivity index (χ1) is 14.0. The number of carbonyl (C=O) groups excluding carboxylic acids is 2. The fraction of sp³-hybridized carbons (Fsp3) is 0.190. The quantitative estimate of drug-likeness (QED) is 0.480. The lowest BCUT2D eigenvalue weighted by Gasteiger charge is -2.14. The third-order valence-corrected chi connectivity index (χ3v) is 5.84. The number of amides is 2. The van der Waals surface area contributed by atoms with Gasteiger partial charge >= 0.3 is 0 Å². The number of para-hydroxylation sites is 1. The maximum absolute atomic E-state index is 12.7. The van der Waals surface area contributed by atoms with E-state index in [9.17, 15) is 9.59 Å². The third kappa shape index (κ3) is 5.59. The van der Waals surface area contributed by atoms with Crippen LogP contribution in [-0.4, -0.2) is 34.7 Å². The number of benzene rings is 2. The molecule has 150 valence electrons. The zero-order valence-corrected chi connectivity index (χ0v) is 18.1. The van der Waals surface area contributed by atoms with Crippen molar-refractivity contribution < 1.29 is 14.3 Å². The largest absolute Gasteiger partial charge is 0.496 e. The average molecular weight is 447 g/mol. The number of hydrogen-bond acceptors (Lipinski definition) is 5. The van der Waals surface area contributed by atoms with Crippen LogP contribution in [-0.2, 0) is 9.59 Å². The van der Waals surface area contributed by atoms with Crippen LogP contribution < -0.4 is 10.1 Å². The first-order valence-electron chi connectivity index (χ1n) is 8.92. The molecule has 1 heterocycles. The number of methoxy groups -OCH3 is 1. The first-order valence-corrected chi connectivity index (χ1v) is 10.5. The van der Waals surface area contributed by atoms with Crippen LogP contribution >= 0.6 is 35.6 Å². The van der Waals surface area contributed by atoms with E-state index in [1.807, 2.05) is 24.3 Å². The zero-order valence-electron chi connectivity index (χ0n) is 15.7. The summed E-state index contributed by atoms with van der Waals surface area (Å²) < 4.78 is 5.82. The van der Waals surface area contributed by atoms with E-state index in [4.69, 9.17) is 28.6 Å². The monoisotopic (exact) mass is 446 g/mol. The van der Waals surface area contributed by atoms with Crippen molar-refractivity contribution in [2.75, 3.05) is 19.0 Å². The molecule has 2 aromatic carbocycles. The van der Waals surface area contributed by atoms with E-state index < -0.39 is 0 Å². The normalized spacial score (nSPS) is 15.1. The number of anilines is 1. The van der Waals surface area contributed by atoms with Crippen LogP contribution in [0.2, 0.25) is 5.02 Å². The Hall–Kier alpha value is -2.35. The number of carbonyl (C=O) groups is 2. The number of rotatable bonds is 7. The second-order valence-electron chi connectivity index (χ2n) is 6.23. The summed E-state index contributed by atoms with van der Waals surface area (Å²) in [7, 11) is 1.59. The predicted molar refractivity (Wildman–Crippen MR) is 122 cm³/mol. The Bertz CT molecular complexity index is 961. The highest BCUT2D eigenvalue weighted by Crippen LogP contribution is 2.34. The minimum absolute atomic E-state index is 0.123. The standard InChI is InChI=1S/C21H19ClN2O3S2/c1-27-17-6-3-2-5-14(17)13-18-20(26)24(21(28)29-18)12-4-7-19(25)23-16-10-8-15(22)9-11-16/h2-3,5-6,8-11,13H,4,7,12H2,1H3,(H,23,25)/b18-13-. The van der Waals surface area contributed by atoms with Gasteiger partial charge in [-0.15, -0.1) is 0 Å². The van der Waals surface area contributed by atoms with Gasteiger partial charge in [0.05, 0.1) is 12.0 Å². The van der Waals surface area contributed by atoms with Crippen molar-refractivity contribution in [1.29, 1.82) is 0 Å². The van der Waals surface area contributed by atoms with Crippen molar-refractivity contribution in [3.05, 3.63) is 64.0 Å². The molecule has 0 unspecified atom stereocenters. The minimum Gasteiger partial charge on any atom is -0.496 e. The number of nitrogens with zero attached hydrogens (tertiary/aromatic N) is 1. The van der Waals surface area contributed by atoms with E-state index in [-0.39, 0.29) is 18.2 Å². The van der Waals surface area contributed by atoms with Gasteiger partial charge in [-0.1, -0.05) is 53.8 Å². The fourth-order valence-corrected chi connectivity index (χ4v) is 4.20. The second-order valence-corrected chi connectivity index (χ2v) is 8.35. The molecule has 1 N–H and O–H groups in total. The Labute approximate surface area is 184 Å². The van der Waals surface area contributed by atoms with Crippen LogP contribution in [0.25, 0.3) is 6.08 Å². The van der Waals surface area contributed by atoms with E-state index in [0.717, 1.165) is 5.56 Å². The molecular weight excluding hydrogens is 428 g/mol. The molecule has 0 aliphatic carbocycles. The van der Waals surface area contributed by atoms with Gasteiger partial charge in [0.25, 0.3) is 5.91 Å². The molecule has 1 saturated heterocycles. The summed E-state index contributed by atoms with van der Waals surface area (Å²) in [4.78, 5) is 26.9. The molecule has 5 nitrogen and oxygen atoms in total. The highest BCUT2D eigenvalue weighted by Gasteiger charge is 2.31. The number of thiocarbonyl (C=S) groups is 1. The Morgan fingerprint density at radius 1 is 1.24 bits per heavy atom. The van der Waals surface area contributed by atoms with Gasteiger partial charge in [-0.3, -0.25) is 14.5 Å². The molecular formula is C21H19ClN2O3S2. The topological polar surface area (TPSA) is 58.6 Å². The van der Waals surface area contributed by atoms with Gasteiger partial charge in [0.2, 0.25) is 5.91 Å². The molecule has 3 rings (SSSR count). The van der Waals surface area contributed by atoms with Crippen molar-refractivity contribution in [2.45, 2.75) is 12.8 Å². The van der Waals surface area contributed by atoms with Gasteiger partial charge in [-0.2, -0.15) is 0 Å². The lowest BCUT2D eigenvalue weighted by atomic mass is 10.2. The molecule has 1 aliphatic rings. The van der Waals surface area contributed by atoms with Crippen LogP contribution in [0.5, 0.6) is 5.75 Å². The highest BCUT2D eigenvalue weighted by atomic mass is 35.5. The van der Waals surface area contributed by atoms with Crippen molar-refractivity contribution in [3.63, 3.8) is 0 Å². The number of nitrogens with one attached hydrogen (secondary N) is 1. The summed E-state index contributed by atoms with van der Waals surface area (Å²) >= 11 is 12.4. The summed E-state index contributed by atoms with van der Waals surface area (Å²) in [6.07, 6.45) is 2.57. The van der Waals surface area contributed by atoms with Crippen molar-refractivity contribution in [3.8, 4) is 5.75 Å². The molecule has 2 aromatic rings. The van der Waals surface area contributed by atoms with Gasteiger partial charge in [-0.05, 0) is 42.8 Å². The number of hydrogen-bond donors (Lipinski definition) is 1. The van der Waals surface area contributed by atoms with Crippen LogP contribution in [0, 0.1) is 0 Å². The fourth-order valence-electron chi connectivity index (χ4n) is 2.77. The lowest BCUT2D eigenvalue weighted by Crippen LogP contribution is -2.29. The Morgan fingerprint density at radius 3 is 2.69 bits per heavy atom. The van der Waals surface area contributed by atoms with Gasteiger partial charge in [0, 0.05) is 29.2 Å². The maximum atomic E-state index is 12.7. The summed E-state index contributed by atoms with van der Waals surface area (Å²) in [5.74, 6) is 0.419. The minimum atomic E-state index is -0.149.